The molecule has 0 fully saturated rings. The van der Waals surface area contributed by atoms with Gasteiger partial charge in [0.25, 0.3) is 0 Å². The van der Waals surface area contributed by atoms with Gasteiger partial charge in [0, 0.05) is 0 Å². The van der Waals surface area contributed by atoms with Crippen molar-refractivity contribution in [2.24, 2.45) is 0 Å². The van der Waals surface area contributed by atoms with Gasteiger partial charge in [0.15, 0.2) is 0 Å². The van der Waals surface area contributed by atoms with Gasteiger partial charge >= 0.3 is 11.9 Å². The number of ether oxygens (including phenoxy) is 2. The Hall–Kier alpha value is -3.92. The molecular weight excluding hydrogens is 376 g/mol. The summed E-state index contributed by atoms with van der Waals surface area (Å²) in [6.07, 6.45) is 7.68. The van der Waals surface area contributed by atoms with Crippen molar-refractivity contribution in [1.82, 2.24) is 0 Å². The summed E-state index contributed by atoms with van der Waals surface area (Å²) in [6.45, 7) is 0. The molecule has 0 aliphatic carbocycles. The van der Waals surface area contributed by atoms with Gasteiger partial charge in [-0.1, -0.05) is 85.0 Å². The zero-order chi connectivity index (χ0) is 21.3. The molecule has 0 unspecified atom stereocenters. The summed E-state index contributed by atoms with van der Waals surface area (Å²) in [4.78, 5) is 23.7. The highest BCUT2D eigenvalue weighted by molar-refractivity contribution is 5.95. The smallest absolute Gasteiger partial charge is 0.338 e. The van der Waals surface area contributed by atoms with Crippen molar-refractivity contribution in [1.29, 1.82) is 0 Å². The summed E-state index contributed by atoms with van der Waals surface area (Å²) in [5, 5.41) is 0. The molecule has 0 spiro atoms. The minimum Gasteiger partial charge on any atom is -0.465 e. The number of benzene rings is 3. The Morgan fingerprint density at radius 2 is 0.933 bits per heavy atom. The molecule has 150 valence electrons. The molecule has 3 aromatic carbocycles. The fourth-order valence-electron chi connectivity index (χ4n) is 2.97. The van der Waals surface area contributed by atoms with Crippen molar-refractivity contribution >= 4 is 36.2 Å². The Morgan fingerprint density at radius 3 is 1.30 bits per heavy atom. The average molecular weight is 398 g/mol. The van der Waals surface area contributed by atoms with Crippen molar-refractivity contribution in [3.05, 3.63) is 106 Å². The summed E-state index contributed by atoms with van der Waals surface area (Å²) in [6, 6.07) is 22.6. The second kappa shape index (κ2) is 10.0. The third-order valence-corrected chi connectivity index (χ3v) is 4.58. The van der Waals surface area contributed by atoms with Gasteiger partial charge in [-0.25, -0.2) is 9.59 Å². The number of rotatable bonds is 6. The van der Waals surface area contributed by atoms with E-state index in [-0.39, 0.29) is 11.9 Å². The SMILES string of the molecule is COC(=O)c1ccccc1/C=C/c1ccc(/C=C/c2ccccc2C(=O)OC)cc1. The van der Waals surface area contributed by atoms with E-state index in [1.54, 1.807) is 12.1 Å². The second-order valence-corrected chi connectivity index (χ2v) is 6.49. The molecule has 4 nitrogen and oxygen atoms in total. The van der Waals surface area contributed by atoms with Gasteiger partial charge < -0.3 is 9.47 Å². The van der Waals surface area contributed by atoms with Crippen LogP contribution in [0.1, 0.15) is 43.0 Å². The molecule has 30 heavy (non-hydrogen) atoms. The molecule has 0 bridgehead atoms. The predicted octanol–water partition coefficient (Wildman–Crippen LogP) is 5.60. The molecule has 0 radical (unpaired) electrons. The van der Waals surface area contributed by atoms with Crippen molar-refractivity contribution in [3.8, 4) is 0 Å². The van der Waals surface area contributed by atoms with Crippen molar-refractivity contribution in [2.45, 2.75) is 0 Å². The summed E-state index contributed by atoms with van der Waals surface area (Å²) >= 11 is 0. The van der Waals surface area contributed by atoms with Gasteiger partial charge in [-0.2, -0.15) is 0 Å². The Bertz CT molecular complexity index is 1000. The van der Waals surface area contributed by atoms with Gasteiger partial charge in [0.1, 0.15) is 0 Å². The van der Waals surface area contributed by atoms with E-state index in [0.29, 0.717) is 11.1 Å². The molecular formula is C26H22O4. The van der Waals surface area contributed by atoms with Crippen LogP contribution >= 0.6 is 0 Å². The Balaban J connectivity index is 1.76. The van der Waals surface area contributed by atoms with Gasteiger partial charge in [0.2, 0.25) is 0 Å². The lowest BCUT2D eigenvalue weighted by Gasteiger charge is -2.04. The van der Waals surface area contributed by atoms with Crippen LogP contribution in [0.4, 0.5) is 0 Å². The highest BCUT2D eigenvalue weighted by Gasteiger charge is 2.09. The first-order valence-corrected chi connectivity index (χ1v) is 9.43. The maximum absolute atomic E-state index is 11.9. The summed E-state index contributed by atoms with van der Waals surface area (Å²) in [5.74, 6) is -0.717. The van der Waals surface area contributed by atoms with Crippen molar-refractivity contribution < 1.29 is 19.1 Å². The monoisotopic (exact) mass is 398 g/mol. The van der Waals surface area contributed by atoms with Crippen LogP contribution < -0.4 is 0 Å². The van der Waals surface area contributed by atoms with E-state index in [4.69, 9.17) is 9.47 Å². The highest BCUT2D eigenvalue weighted by Crippen LogP contribution is 2.17. The lowest BCUT2D eigenvalue weighted by molar-refractivity contribution is 0.0591. The standard InChI is InChI=1S/C26H22O4/c1-29-25(27)23-9-5-3-7-21(23)17-15-19-11-13-20(14-12-19)16-18-22-8-4-6-10-24(22)26(28)30-2/h3-18H,1-2H3/b17-15+,18-16+. The van der Waals surface area contributed by atoms with E-state index in [1.165, 1.54) is 14.2 Å². The van der Waals surface area contributed by atoms with E-state index in [1.807, 2.05) is 85.0 Å². The number of carbonyl (C=O) groups is 2. The molecule has 0 saturated carbocycles. The van der Waals surface area contributed by atoms with Crippen LogP contribution in [0.2, 0.25) is 0 Å². The quantitative estimate of drug-likeness (QED) is 0.401. The average Bonchev–Trinajstić information content (AvgIpc) is 2.81. The minimum atomic E-state index is -0.358. The molecule has 0 amide bonds. The first kappa shape index (κ1) is 20.8. The Labute approximate surface area is 176 Å². The number of hydrogen-bond donors (Lipinski definition) is 0. The van der Waals surface area contributed by atoms with Gasteiger partial charge in [-0.3, -0.25) is 0 Å². The Kier molecular flexibility index (Phi) is 6.95. The van der Waals surface area contributed by atoms with E-state index in [9.17, 15) is 9.59 Å². The first-order valence-electron chi connectivity index (χ1n) is 9.43. The summed E-state index contributed by atoms with van der Waals surface area (Å²) < 4.78 is 9.66. The Morgan fingerprint density at radius 1 is 0.567 bits per heavy atom. The zero-order valence-electron chi connectivity index (χ0n) is 16.9. The van der Waals surface area contributed by atoms with E-state index in [2.05, 4.69) is 0 Å². The lowest BCUT2D eigenvalue weighted by atomic mass is 10.0. The van der Waals surface area contributed by atoms with E-state index in [0.717, 1.165) is 22.3 Å². The third-order valence-electron chi connectivity index (χ3n) is 4.58. The molecule has 0 saturated heterocycles. The maximum atomic E-state index is 11.9. The van der Waals surface area contributed by atoms with Gasteiger partial charge in [-0.15, -0.1) is 0 Å². The third kappa shape index (κ3) is 5.11. The maximum Gasteiger partial charge on any atom is 0.338 e. The lowest BCUT2D eigenvalue weighted by Crippen LogP contribution is -2.03. The fraction of sp³-hybridized carbons (Fsp3) is 0.0769. The van der Waals surface area contributed by atoms with Gasteiger partial charge in [0.05, 0.1) is 25.3 Å². The summed E-state index contributed by atoms with van der Waals surface area (Å²) in [7, 11) is 2.75. The fourth-order valence-corrected chi connectivity index (χ4v) is 2.97. The molecule has 0 aliphatic heterocycles. The first-order chi connectivity index (χ1) is 14.6. The second-order valence-electron chi connectivity index (χ2n) is 6.49. The molecule has 3 aromatic rings. The van der Waals surface area contributed by atoms with Crippen LogP contribution in [0.5, 0.6) is 0 Å². The van der Waals surface area contributed by atoms with Crippen LogP contribution in [0.25, 0.3) is 24.3 Å². The molecule has 0 aromatic heterocycles. The van der Waals surface area contributed by atoms with E-state index < -0.39 is 0 Å². The molecule has 0 heterocycles. The normalized spacial score (nSPS) is 11.0. The summed E-state index contributed by atoms with van der Waals surface area (Å²) in [5.41, 5.74) is 4.66. The molecule has 0 aliphatic rings. The van der Waals surface area contributed by atoms with Crippen LogP contribution in [0.15, 0.2) is 72.8 Å². The van der Waals surface area contributed by atoms with E-state index >= 15 is 0 Å². The van der Waals surface area contributed by atoms with Crippen LogP contribution in [0, 0.1) is 0 Å². The van der Waals surface area contributed by atoms with Crippen LogP contribution in [0.3, 0.4) is 0 Å². The number of methoxy groups -OCH3 is 2. The highest BCUT2D eigenvalue weighted by atomic mass is 16.5. The largest absolute Gasteiger partial charge is 0.465 e. The number of esters is 2. The van der Waals surface area contributed by atoms with Gasteiger partial charge in [-0.05, 0) is 34.4 Å². The molecule has 0 N–H and O–H groups in total. The molecule has 4 heteroatoms. The predicted molar refractivity (Wildman–Crippen MR) is 120 cm³/mol. The van der Waals surface area contributed by atoms with Crippen LogP contribution in [-0.2, 0) is 9.47 Å². The molecule has 0 atom stereocenters. The van der Waals surface area contributed by atoms with Crippen molar-refractivity contribution in [2.75, 3.05) is 14.2 Å². The number of hydrogen-bond acceptors (Lipinski definition) is 4. The molecule has 3 rings (SSSR count). The number of carbonyl (C=O) groups excluding carboxylic acids is 2. The minimum absolute atomic E-state index is 0.358. The zero-order valence-corrected chi connectivity index (χ0v) is 16.9. The van der Waals surface area contributed by atoms with Crippen LogP contribution in [-0.4, -0.2) is 26.2 Å². The topological polar surface area (TPSA) is 52.6 Å². The van der Waals surface area contributed by atoms with Crippen molar-refractivity contribution in [3.63, 3.8) is 0 Å².